The quantitative estimate of drug-likeness (QED) is 0.799. The Hall–Kier alpha value is -2.17. The molecule has 1 unspecified atom stereocenters. The summed E-state index contributed by atoms with van der Waals surface area (Å²) in [7, 11) is 1.75. The van der Waals surface area contributed by atoms with Crippen molar-refractivity contribution in [2.24, 2.45) is 5.73 Å². The Balaban J connectivity index is 1.83. The van der Waals surface area contributed by atoms with Crippen LogP contribution in [0.25, 0.3) is 0 Å². The Labute approximate surface area is 137 Å². The van der Waals surface area contributed by atoms with Gasteiger partial charge < -0.3 is 15.4 Å². The lowest BCUT2D eigenvalue weighted by Gasteiger charge is -2.29. The number of nitrogens with zero attached hydrogens (tertiary/aromatic N) is 1. The largest absolute Gasteiger partial charge is 0.375 e. The van der Waals surface area contributed by atoms with Gasteiger partial charge in [-0.1, -0.05) is 60.7 Å². The number of carbonyl (C=O) groups is 1. The zero-order valence-corrected chi connectivity index (χ0v) is 13.7. The second-order valence-electron chi connectivity index (χ2n) is 5.83. The summed E-state index contributed by atoms with van der Waals surface area (Å²) in [5.41, 5.74) is 7.14. The van der Waals surface area contributed by atoms with Crippen LogP contribution < -0.4 is 5.73 Å². The summed E-state index contributed by atoms with van der Waals surface area (Å²) in [6, 6.07) is 19.4. The fourth-order valence-electron chi connectivity index (χ4n) is 2.37. The highest BCUT2D eigenvalue weighted by Crippen LogP contribution is 2.19. The number of nitrogens with two attached hydrogens (primary N) is 1. The second-order valence-corrected chi connectivity index (χ2v) is 5.83. The molecule has 0 aliphatic heterocycles. The van der Waals surface area contributed by atoms with E-state index < -0.39 is 5.54 Å². The second kappa shape index (κ2) is 7.90. The van der Waals surface area contributed by atoms with Gasteiger partial charge in [0, 0.05) is 13.6 Å². The minimum Gasteiger partial charge on any atom is -0.375 e. The third kappa shape index (κ3) is 4.65. The molecule has 2 N–H and O–H groups in total. The normalized spacial score (nSPS) is 13.3. The molecule has 0 saturated heterocycles. The van der Waals surface area contributed by atoms with E-state index in [9.17, 15) is 4.79 Å². The molecular weight excluding hydrogens is 288 g/mol. The van der Waals surface area contributed by atoms with E-state index in [2.05, 4.69) is 0 Å². The molecule has 2 rings (SSSR count). The molecule has 0 saturated carbocycles. The van der Waals surface area contributed by atoms with E-state index in [1.54, 1.807) is 18.9 Å². The van der Waals surface area contributed by atoms with E-state index in [1.165, 1.54) is 0 Å². The Morgan fingerprint density at radius 3 is 2.26 bits per heavy atom. The number of amides is 1. The van der Waals surface area contributed by atoms with Crippen LogP contribution in [-0.2, 0) is 21.7 Å². The maximum Gasteiger partial charge on any atom is 0.246 e. The van der Waals surface area contributed by atoms with Gasteiger partial charge in [0.1, 0.15) is 5.54 Å². The molecule has 0 fully saturated rings. The molecule has 0 aliphatic carbocycles. The van der Waals surface area contributed by atoms with Gasteiger partial charge in [0.15, 0.2) is 0 Å². The van der Waals surface area contributed by atoms with Crippen LogP contribution in [-0.4, -0.2) is 31.0 Å². The van der Waals surface area contributed by atoms with Crippen LogP contribution in [0.15, 0.2) is 60.7 Å². The van der Waals surface area contributed by atoms with Crippen LogP contribution in [0.5, 0.6) is 0 Å². The van der Waals surface area contributed by atoms with Gasteiger partial charge in [-0.2, -0.15) is 0 Å². The van der Waals surface area contributed by atoms with Gasteiger partial charge in [0.05, 0.1) is 13.2 Å². The minimum absolute atomic E-state index is 0.119. The topological polar surface area (TPSA) is 55.6 Å². The monoisotopic (exact) mass is 312 g/mol. The molecule has 2 aromatic carbocycles. The van der Waals surface area contributed by atoms with Crippen molar-refractivity contribution in [1.29, 1.82) is 0 Å². The molecule has 0 bridgehead atoms. The van der Waals surface area contributed by atoms with Crippen molar-refractivity contribution in [2.45, 2.75) is 19.1 Å². The number of rotatable bonds is 7. The summed E-state index contributed by atoms with van der Waals surface area (Å²) < 4.78 is 5.62. The third-order valence-electron chi connectivity index (χ3n) is 3.85. The molecule has 1 amide bonds. The van der Waals surface area contributed by atoms with Gasteiger partial charge in [-0.25, -0.2) is 0 Å². The van der Waals surface area contributed by atoms with Crippen LogP contribution in [0, 0.1) is 0 Å². The molecule has 0 aromatic heterocycles. The molecule has 0 heterocycles. The molecule has 4 heteroatoms. The Morgan fingerprint density at radius 1 is 1.09 bits per heavy atom. The lowest BCUT2D eigenvalue weighted by molar-refractivity contribution is -0.136. The van der Waals surface area contributed by atoms with Crippen molar-refractivity contribution in [1.82, 2.24) is 4.90 Å². The number of hydrogen-bond donors (Lipinski definition) is 1. The average molecular weight is 312 g/mol. The average Bonchev–Trinajstić information content (AvgIpc) is 2.59. The highest BCUT2D eigenvalue weighted by Gasteiger charge is 2.32. The van der Waals surface area contributed by atoms with Crippen molar-refractivity contribution in [2.75, 3.05) is 20.2 Å². The summed E-state index contributed by atoms with van der Waals surface area (Å²) in [6.45, 7) is 3.26. The van der Waals surface area contributed by atoms with Crippen LogP contribution in [0.3, 0.4) is 0 Å². The van der Waals surface area contributed by atoms with Crippen molar-refractivity contribution < 1.29 is 9.53 Å². The molecule has 122 valence electrons. The summed E-state index contributed by atoms with van der Waals surface area (Å²) in [5.74, 6) is -0.119. The first kappa shape index (κ1) is 17.2. The van der Waals surface area contributed by atoms with Crippen LogP contribution in [0.4, 0.5) is 0 Å². The van der Waals surface area contributed by atoms with E-state index in [0.29, 0.717) is 19.8 Å². The smallest absolute Gasteiger partial charge is 0.246 e. The third-order valence-corrected chi connectivity index (χ3v) is 3.85. The molecule has 0 spiro atoms. The molecule has 0 aliphatic rings. The van der Waals surface area contributed by atoms with Crippen LogP contribution in [0.1, 0.15) is 18.1 Å². The first-order valence-electron chi connectivity index (χ1n) is 7.73. The van der Waals surface area contributed by atoms with Crippen LogP contribution >= 0.6 is 0 Å². The van der Waals surface area contributed by atoms with Gasteiger partial charge in [-0.15, -0.1) is 0 Å². The minimum atomic E-state index is -1.03. The fourth-order valence-corrected chi connectivity index (χ4v) is 2.37. The first-order chi connectivity index (χ1) is 11.0. The van der Waals surface area contributed by atoms with Gasteiger partial charge in [0.25, 0.3) is 0 Å². The highest BCUT2D eigenvalue weighted by atomic mass is 16.5. The summed E-state index contributed by atoms with van der Waals surface area (Å²) in [6.07, 6.45) is 0. The maximum absolute atomic E-state index is 12.6. The van der Waals surface area contributed by atoms with E-state index in [-0.39, 0.29) is 5.91 Å². The summed E-state index contributed by atoms with van der Waals surface area (Å²) in [5, 5.41) is 0. The van der Waals surface area contributed by atoms with Gasteiger partial charge >= 0.3 is 0 Å². The van der Waals surface area contributed by atoms with Crippen molar-refractivity contribution in [3.63, 3.8) is 0 Å². The van der Waals surface area contributed by atoms with Gasteiger partial charge in [-0.3, -0.25) is 4.79 Å². The predicted molar refractivity (Wildman–Crippen MR) is 91.7 cm³/mol. The fraction of sp³-hybridized carbons (Fsp3) is 0.316. The SMILES string of the molecule is CN(CCOCc1ccccc1)C(=O)C(C)(N)c1ccccc1. The molecule has 2 aromatic rings. The summed E-state index contributed by atoms with van der Waals surface area (Å²) >= 11 is 0. The molecule has 4 nitrogen and oxygen atoms in total. The predicted octanol–water partition coefficient (Wildman–Crippen LogP) is 2.54. The molecule has 0 radical (unpaired) electrons. The van der Waals surface area contributed by atoms with E-state index in [1.807, 2.05) is 60.7 Å². The van der Waals surface area contributed by atoms with Crippen LogP contribution in [0.2, 0.25) is 0 Å². The van der Waals surface area contributed by atoms with E-state index >= 15 is 0 Å². The lowest BCUT2D eigenvalue weighted by Crippen LogP contribution is -2.50. The number of hydrogen-bond acceptors (Lipinski definition) is 3. The summed E-state index contributed by atoms with van der Waals surface area (Å²) in [4.78, 5) is 14.2. The molecule has 1 atom stereocenters. The number of ether oxygens (including phenoxy) is 1. The van der Waals surface area contributed by atoms with E-state index in [4.69, 9.17) is 10.5 Å². The molecule has 23 heavy (non-hydrogen) atoms. The van der Waals surface area contributed by atoms with Crippen molar-refractivity contribution >= 4 is 5.91 Å². The Kier molecular flexibility index (Phi) is 5.90. The van der Waals surface area contributed by atoms with Gasteiger partial charge in [0.2, 0.25) is 5.91 Å². The molecular formula is C19H24N2O2. The Bertz CT molecular complexity index is 612. The van der Waals surface area contributed by atoms with Crippen molar-refractivity contribution in [3.05, 3.63) is 71.8 Å². The highest BCUT2D eigenvalue weighted by molar-refractivity contribution is 5.86. The van der Waals surface area contributed by atoms with Crippen molar-refractivity contribution in [3.8, 4) is 0 Å². The zero-order chi connectivity index (χ0) is 16.7. The van der Waals surface area contributed by atoms with Gasteiger partial charge in [-0.05, 0) is 18.1 Å². The lowest BCUT2D eigenvalue weighted by atomic mass is 9.92. The zero-order valence-electron chi connectivity index (χ0n) is 13.7. The number of carbonyl (C=O) groups excluding carboxylic acids is 1. The number of likely N-dealkylation sites (N-methyl/N-ethyl adjacent to an activating group) is 1. The maximum atomic E-state index is 12.6. The first-order valence-corrected chi connectivity index (χ1v) is 7.73. The number of benzene rings is 2. The standard InChI is InChI=1S/C19H24N2O2/c1-19(20,17-11-7-4-8-12-17)18(22)21(2)13-14-23-15-16-9-5-3-6-10-16/h3-12H,13-15,20H2,1-2H3. The van der Waals surface area contributed by atoms with E-state index in [0.717, 1.165) is 11.1 Å². The Morgan fingerprint density at radius 2 is 1.65 bits per heavy atom.